The highest BCUT2D eigenvalue weighted by atomic mass is 79.9. The Labute approximate surface area is 132 Å². The fourth-order valence-corrected chi connectivity index (χ4v) is 3.04. The van der Waals surface area contributed by atoms with Crippen LogP contribution in [-0.4, -0.2) is 28.1 Å². The predicted molar refractivity (Wildman–Crippen MR) is 81.5 cm³/mol. The molecular formula is C12H12Br2N4O2. The van der Waals surface area contributed by atoms with Gasteiger partial charge in [0.05, 0.1) is 36.8 Å². The van der Waals surface area contributed by atoms with Crippen LogP contribution >= 0.6 is 31.9 Å². The average molecular weight is 404 g/mol. The molecule has 0 spiro atoms. The van der Waals surface area contributed by atoms with Gasteiger partial charge in [-0.05, 0) is 28.1 Å². The molecule has 2 aromatic rings. The van der Waals surface area contributed by atoms with Crippen LogP contribution in [0, 0.1) is 0 Å². The van der Waals surface area contributed by atoms with E-state index in [1.54, 1.807) is 16.9 Å². The summed E-state index contributed by atoms with van der Waals surface area (Å²) in [6.07, 6.45) is 1.66. The molecule has 8 heteroatoms. The van der Waals surface area contributed by atoms with Gasteiger partial charge >= 0.3 is 5.97 Å². The van der Waals surface area contributed by atoms with E-state index in [9.17, 15) is 4.79 Å². The van der Waals surface area contributed by atoms with Crippen LogP contribution in [0.3, 0.4) is 0 Å². The summed E-state index contributed by atoms with van der Waals surface area (Å²) in [4.78, 5) is 11.8. The van der Waals surface area contributed by atoms with Crippen LogP contribution in [0.15, 0.2) is 27.3 Å². The first kappa shape index (κ1) is 15.0. The van der Waals surface area contributed by atoms with E-state index < -0.39 is 5.97 Å². The lowest BCUT2D eigenvalue weighted by Gasteiger charge is -2.13. The number of benzene rings is 1. The van der Waals surface area contributed by atoms with Gasteiger partial charge in [-0.25, -0.2) is 4.79 Å². The average Bonchev–Trinajstić information content (AvgIpc) is 2.81. The molecule has 20 heavy (non-hydrogen) atoms. The third-order valence-electron chi connectivity index (χ3n) is 2.71. The highest BCUT2D eigenvalue weighted by Gasteiger charge is 2.16. The molecule has 0 radical (unpaired) electrons. The lowest BCUT2D eigenvalue weighted by Crippen LogP contribution is -2.11. The Morgan fingerprint density at radius 1 is 1.45 bits per heavy atom. The van der Waals surface area contributed by atoms with Crippen LogP contribution in [0.25, 0.3) is 0 Å². The topological polar surface area (TPSA) is 69.0 Å². The lowest BCUT2D eigenvalue weighted by molar-refractivity contribution is 0.0601. The van der Waals surface area contributed by atoms with Gasteiger partial charge in [-0.2, -0.15) is 0 Å². The number of hydrogen-bond acceptors (Lipinski definition) is 5. The number of esters is 1. The van der Waals surface area contributed by atoms with Crippen molar-refractivity contribution in [2.45, 2.75) is 6.54 Å². The van der Waals surface area contributed by atoms with Crippen LogP contribution in [0.1, 0.15) is 16.1 Å². The molecule has 0 fully saturated rings. The fraction of sp³-hybridized carbons (Fsp3) is 0.250. The first-order valence-electron chi connectivity index (χ1n) is 5.67. The predicted octanol–water partition coefficient (Wildman–Crippen LogP) is 2.74. The van der Waals surface area contributed by atoms with E-state index in [2.05, 4.69) is 47.5 Å². The molecule has 0 saturated heterocycles. The number of carbonyl (C=O) groups excluding carboxylic acids is 1. The lowest BCUT2D eigenvalue weighted by atomic mass is 10.1. The van der Waals surface area contributed by atoms with Gasteiger partial charge in [-0.15, -0.1) is 5.10 Å². The van der Waals surface area contributed by atoms with E-state index in [0.29, 0.717) is 17.8 Å². The molecular weight excluding hydrogens is 392 g/mol. The molecule has 0 aliphatic heterocycles. The van der Waals surface area contributed by atoms with Crippen molar-refractivity contribution in [2.75, 3.05) is 12.4 Å². The van der Waals surface area contributed by atoms with Crippen LogP contribution < -0.4 is 5.32 Å². The van der Waals surface area contributed by atoms with E-state index in [4.69, 9.17) is 4.74 Å². The monoisotopic (exact) mass is 402 g/mol. The number of rotatable bonds is 4. The normalized spacial score (nSPS) is 10.4. The van der Waals surface area contributed by atoms with Gasteiger partial charge in [-0.1, -0.05) is 21.1 Å². The number of aromatic nitrogens is 3. The minimum atomic E-state index is -0.405. The van der Waals surface area contributed by atoms with Gasteiger partial charge in [0.2, 0.25) is 0 Å². The van der Waals surface area contributed by atoms with Gasteiger partial charge in [0.15, 0.2) is 0 Å². The second-order valence-corrected chi connectivity index (χ2v) is 5.77. The Balaban J connectivity index is 2.30. The van der Waals surface area contributed by atoms with E-state index in [1.807, 2.05) is 13.1 Å². The fourth-order valence-electron chi connectivity index (χ4n) is 1.67. The zero-order valence-corrected chi connectivity index (χ0v) is 14.0. The third kappa shape index (κ3) is 3.18. The molecule has 0 saturated carbocycles. The zero-order chi connectivity index (χ0) is 14.7. The highest BCUT2D eigenvalue weighted by molar-refractivity contribution is 9.11. The van der Waals surface area contributed by atoms with Crippen LogP contribution in [0.4, 0.5) is 5.69 Å². The molecule has 0 bridgehead atoms. The SMILES string of the molecule is COC(=O)c1cc(Br)cc(Br)c1NCc1cnnn1C. The number of methoxy groups -OCH3 is 1. The Hall–Kier alpha value is -1.41. The number of aryl methyl sites for hydroxylation is 1. The van der Waals surface area contributed by atoms with E-state index in [1.165, 1.54) is 7.11 Å². The van der Waals surface area contributed by atoms with Gasteiger partial charge in [0.25, 0.3) is 0 Å². The second-order valence-electron chi connectivity index (χ2n) is 4.00. The maximum Gasteiger partial charge on any atom is 0.340 e. The molecule has 1 aromatic heterocycles. The molecule has 1 heterocycles. The van der Waals surface area contributed by atoms with Crippen molar-refractivity contribution in [1.29, 1.82) is 0 Å². The first-order valence-corrected chi connectivity index (χ1v) is 7.26. The van der Waals surface area contributed by atoms with Crippen LogP contribution in [0.2, 0.25) is 0 Å². The van der Waals surface area contributed by atoms with Gasteiger partial charge in [-0.3, -0.25) is 4.68 Å². The van der Waals surface area contributed by atoms with Crippen molar-refractivity contribution in [3.63, 3.8) is 0 Å². The summed E-state index contributed by atoms with van der Waals surface area (Å²) >= 11 is 6.80. The molecule has 0 unspecified atom stereocenters. The number of carbonyl (C=O) groups is 1. The minimum Gasteiger partial charge on any atom is -0.465 e. The highest BCUT2D eigenvalue weighted by Crippen LogP contribution is 2.31. The Morgan fingerprint density at radius 3 is 2.80 bits per heavy atom. The summed E-state index contributed by atoms with van der Waals surface area (Å²) < 4.78 is 8.02. The van der Waals surface area contributed by atoms with Gasteiger partial charge in [0.1, 0.15) is 0 Å². The van der Waals surface area contributed by atoms with Crippen LogP contribution in [0.5, 0.6) is 0 Å². The Bertz CT molecular complexity index is 642. The van der Waals surface area contributed by atoms with Gasteiger partial charge < -0.3 is 10.1 Å². The van der Waals surface area contributed by atoms with Crippen molar-refractivity contribution >= 4 is 43.5 Å². The number of ether oxygens (including phenoxy) is 1. The maximum absolute atomic E-state index is 11.8. The largest absolute Gasteiger partial charge is 0.465 e. The number of hydrogen-bond donors (Lipinski definition) is 1. The Kier molecular flexibility index (Phi) is 4.77. The van der Waals surface area contributed by atoms with Gasteiger partial charge in [0, 0.05) is 16.0 Å². The summed E-state index contributed by atoms with van der Waals surface area (Å²) in [5.74, 6) is -0.405. The maximum atomic E-state index is 11.8. The van der Waals surface area contributed by atoms with Crippen molar-refractivity contribution < 1.29 is 9.53 Å². The summed E-state index contributed by atoms with van der Waals surface area (Å²) in [5.41, 5.74) is 2.01. The standard InChI is InChI=1S/C12H12Br2N4O2/c1-18-8(6-16-17-18)5-15-11-9(12(19)20-2)3-7(13)4-10(11)14/h3-4,6,15H,5H2,1-2H3. The number of halogens is 2. The number of anilines is 1. The molecule has 0 amide bonds. The molecule has 2 rings (SSSR count). The summed E-state index contributed by atoms with van der Waals surface area (Å²) in [7, 11) is 3.16. The third-order valence-corrected chi connectivity index (χ3v) is 3.80. The summed E-state index contributed by atoms with van der Waals surface area (Å²) in [6, 6.07) is 3.57. The number of nitrogens with one attached hydrogen (secondary N) is 1. The summed E-state index contributed by atoms with van der Waals surface area (Å²) in [6.45, 7) is 0.494. The number of nitrogens with zero attached hydrogens (tertiary/aromatic N) is 3. The van der Waals surface area contributed by atoms with E-state index in [-0.39, 0.29) is 0 Å². The van der Waals surface area contributed by atoms with Crippen molar-refractivity contribution in [3.8, 4) is 0 Å². The molecule has 0 aliphatic rings. The first-order chi connectivity index (χ1) is 9.52. The zero-order valence-electron chi connectivity index (χ0n) is 10.9. The Morgan fingerprint density at radius 2 is 2.20 bits per heavy atom. The second kappa shape index (κ2) is 6.36. The van der Waals surface area contributed by atoms with Crippen molar-refractivity contribution in [3.05, 3.63) is 38.5 Å². The van der Waals surface area contributed by atoms with Crippen molar-refractivity contribution in [1.82, 2.24) is 15.0 Å². The molecule has 6 nitrogen and oxygen atoms in total. The van der Waals surface area contributed by atoms with Crippen molar-refractivity contribution in [2.24, 2.45) is 7.05 Å². The molecule has 0 atom stereocenters. The van der Waals surface area contributed by atoms with E-state index >= 15 is 0 Å². The minimum absolute atomic E-state index is 0.405. The molecule has 1 aromatic carbocycles. The smallest absolute Gasteiger partial charge is 0.340 e. The van der Waals surface area contributed by atoms with E-state index in [0.717, 1.165) is 14.6 Å². The quantitative estimate of drug-likeness (QED) is 0.795. The molecule has 106 valence electrons. The molecule has 0 aliphatic carbocycles. The van der Waals surface area contributed by atoms with Crippen LogP contribution in [-0.2, 0) is 18.3 Å². The molecule has 1 N–H and O–H groups in total. The summed E-state index contributed by atoms with van der Waals surface area (Å²) in [5, 5.41) is 10.9.